The molecule has 1 saturated heterocycles. The number of amides is 2. The van der Waals surface area contributed by atoms with Crippen LogP contribution in [0.15, 0.2) is 53.2 Å². The highest BCUT2D eigenvalue weighted by Crippen LogP contribution is 2.29. The number of nitrogens with zero attached hydrogens (tertiary/aromatic N) is 2. The quantitative estimate of drug-likeness (QED) is 0.702. The van der Waals surface area contributed by atoms with Crippen LogP contribution in [0.3, 0.4) is 0 Å². The molecule has 6 heteroatoms. The maximum atomic E-state index is 12.7. The van der Waals surface area contributed by atoms with Crippen LogP contribution >= 0.6 is 0 Å². The molecule has 1 fully saturated rings. The summed E-state index contributed by atoms with van der Waals surface area (Å²) >= 11 is 0. The number of likely N-dealkylation sites (tertiary alicyclic amines) is 1. The standard InChI is InChI=1S/C22H26N4O2/c1-15-19-7-3-4-8-20(19)28-21(15)16(2)24-22(27)26-12-9-17(10-13-26)25-18-6-5-11-23-14-18/h3-8,11,14,16-17,25H,9-10,12-13H2,1-2H3,(H,24,27). The van der Waals surface area contributed by atoms with E-state index in [4.69, 9.17) is 4.42 Å². The molecule has 1 aliphatic heterocycles. The van der Waals surface area contributed by atoms with Crippen LogP contribution in [0.5, 0.6) is 0 Å². The molecule has 1 unspecified atom stereocenters. The first-order valence-electron chi connectivity index (χ1n) is 9.82. The molecule has 146 valence electrons. The van der Waals surface area contributed by atoms with E-state index in [0.29, 0.717) is 6.04 Å². The monoisotopic (exact) mass is 378 g/mol. The molecule has 2 amide bonds. The van der Waals surface area contributed by atoms with E-state index >= 15 is 0 Å². The van der Waals surface area contributed by atoms with Gasteiger partial charge in [0.1, 0.15) is 11.3 Å². The SMILES string of the molecule is Cc1c(C(C)NC(=O)N2CCC(Nc3cccnc3)CC2)oc2ccccc12. The van der Waals surface area contributed by atoms with E-state index in [-0.39, 0.29) is 12.1 Å². The number of carbonyl (C=O) groups is 1. The average molecular weight is 378 g/mol. The van der Waals surface area contributed by atoms with E-state index in [1.54, 1.807) is 6.20 Å². The lowest BCUT2D eigenvalue weighted by Gasteiger charge is -2.33. The van der Waals surface area contributed by atoms with E-state index < -0.39 is 0 Å². The molecule has 0 radical (unpaired) electrons. The predicted molar refractivity (Wildman–Crippen MR) is 110 cm³/mol. The fraction of sp³-hybridized carbons (Fsp3) is 0.364. The summed E-state index contributed by atoms with van der Waals surface area (Å²) in [5, 5.41) is 7.69. The predicted octanol–water partition coefficient (Wildman–Crippen LogP) is 4.48. The Kier molecular flexibility index (Phi) is 5.19. The number of piperidine rings is 1. The van der Waals surface area contributed by atoms with E-state index in [0.717, 1.165) is 53.9 Å². The Hall–Kier alpha value is -3.02. The van der Waals surface area contributed by atoms with Crippen LogP contribution in [0, 0.1) is 6.92 Å². The Balaban J connectivity index is 1.33. The lowest BCUT2D eigenvalue weighted by molar-refractivity contribution is 0.179. The van der Waals surface area contributed by atoms with Gasteiger partial charge >= 0.3 is 6.03 Å². The van der Waals surface area contributed by atoms with Crippen LogP contribution in [-0.4, -0.2) is 35.0 Å². The number of nitrogens with one attached hydrogen (secondary N) is 2. The molecular formula is C22H26N4O2. The first kappa shape index (κ1) is 18.3. The summed E-state index contributed by atoms with van der Waals surface area (Å²) in [6.45, 7) is 5.48. The third-order valence-corrected chi connectivity index (χ3v) is 5.43. The largest absolute Gasteiger partial charge is 0.459 e. The van der Waals surface area contributed by atoms with Crippen molar-refractivity contribution in [3.63, 3.8) is 0 Å². The maximum absolute atomic E-state index is 12.7. The number of aromatic nitrogens is 1. The van der Waals surface area contributed by atoms with E-state index in [1.165, 1.54) is 0 Å². The molecule has 3 aromatic rings. The normalized spacial score (nSPS) is 16.1. The third-order valence-electron chi connectivity index (χ3n) is 5.43. The number of fused-ring (bicyclic) bond motifs is 1. The van der Waals surface area contributed by atoms with Crippen LogP contribution in [0.1, 0.15) is 37.1 Å². The number of benzene rings is 1. The number of para-hydroxylation sites is 1. The Morgan fingerprint density at radius 2 is 2.00 bits per heavy atom. The molecule has 2 N–H and O–H groups in total. The number of rotatable bonds is 4. The zero-order valence-corrected chi connectivity index (χ0v) is 16.3. The van der Waals surface area contributed by atoms with Crippen molar-refractivity contribution in [3.8, 4) is 0 Å². The topological polar surface area (TPSA) is 70.4 Å². The first-order valence-corrected chi connectivity index (χ1v) is 9.82. The smallest absolute Gasteiger partial charge is 0.317 e. The van der Waals surface area contributed by atoms with Gasteiger partial charge in [-0.3, -0.25) is 4.98 Å². The number of aryl methyl sites for hydroxylation is 1. The van der Waals surface area contributed by atoms with Crippen LogP contribution in [-0.2, 0) is 0 Å². The molecule has 4 rings (SSSR count). The Morgan fingerprint density at radius 3 is 2.71 bits per heavy atom. The van der Waals surface area contributed by atoms with Crippen LogP contribution in [0.4, 0.5) is 10.5 Å². The molecule has 1 atom stereocenters. The first-order chi connectivity index (χ1) is 13.6. The highest BCUT2D eigenvalue weighted by Gasteiger charge is 2.25. The molecule has 2 aromatic heterocycles. The van der Waals surface area contributed by atoms with Gasteiger partial charge in [-0.1, -0.05) is 18.2 Å². The van der Waals surface area contributed by atoms with Gasteiger partial charge in [0, 0.05) is 42.5 Å². The number of anilines is 1. The molecular weight excluding hydrogens is 352 g/mol. The van der Waals surface area contributed by atoms with Crippen molar-refractivity contribution in [2.45, 2.75) is 38.8 Å². The van der Waals surface area contributed by atoms with Gasteiger partial charge in [-0.2, -0.15) is 0 Å². The minimum absolute atomic E-state index is 0.0350. The summed E-state index contributed by atoms with van der Waals surface area (Å²) in [6.07, 6.45) is 5.43. The fourth-order valence-electron chi connectivity index (χ4n) is 3.86. The van der Waals surface area contributed by atoms with E-state index in [9.17, 15) is 4.79 Å². The maximum Gasteiger partial charge on any atom is 0.317 e. The zero-order valence-electron chi connectivity index (χ0n) is 16.3. The van der Waals surface area contributed by atoms with E-state index in [2.05, 4.69) is 15.6 Å². The van der Waals surface area contributed by atoms with Crippen molar-refractivity contribution in [2.24, 2.45) is 0 Å². The Bertz CT molecular complexity index is 946. The second-order valence-electron chi connectivity index (χ2n) is 7.41. The lowest BCUT2D eigenvalue weighted by atomic mass is 10.0. The number of furan rings is 1. The lowest BCUT2D eigenvalue weighted by Crippen LogP contribution is -2.47. The number of pyridine rings is 1. The van der Waals surface area contributed by atoms with Gasteiger partial charge in [0.2, 0.25) is 0 Å². The number of hydrogen-bond donors (Lipinski definition) is 2. The molecule has 0 saturated carbocycles. The van der Waals surface area contributed by atoms with Crippen molar-refractivity contribution in [3.05, 3.63) is 60.1 Å². The van der Waals surface area contributed by atoms with Gasteiger partial charge in [0.05, 0.1) is 11.7 Å². The molecule has 0 spiro atoms. The number of carbonyl (C=O) groups excluding carboxylic acids is 1. The number of urea groups is 1. The summed E-state index contributed by atoms with van der Waals surface area (Å²) in [5.41, 5.74) is 2.97. The van der Waals surface area contributed by atoms with Crippen molar-refractivity contribution in [1.29, 1.82) is 0 Å². The summed E-state index contributed by atoms with van der Waals surface area (Å²) in [5.74, 6) is 0.822. The molecule has 1 aliphatic rings. The van der Waals surface area contributed by atoms with Crippen LogP contribution in [0.2, 0.25) is 0 Å². The van der Waals surface area contributed by atoms with E-state index in [1.807, 2.05) is 61.3 Å². The molecule has 0 bridgehead atoms. The van der Waals surface area contributed by atoms with Gasteiger partial charge < -0.3 is 20.0 Å². The summed E-state index contributed by atoms with van der Waals surface area (Å²) in [7, 11) is 0. The second-order valence-corrected chi connectivity index (χ2v) is 7.41. The van der Waals surface area contributed by atoms with Crippen molar-refractivity contribution in [2.75, 3.05) is 18.4 Å². The van der Waals surface area contributed by atoms with Gasteiger partial charge in [0.15, 0.2) is 0 Å². The van der Waals surface area contributed by atoms with Gasteiger partial charge in [-0.25, -0.2) is 4.79 Å². The molecule has 28 heavy (non-hydrogen) atoms. The zero-order chi connectivity index (χ0) is 19.5. The number of hydrogen-bond acceptors (Lipinski definition) is 4. The van der Waals surface area contributed by atoms with Crippen molar-refractivity contribution >= 4 is 22.7 Å². The molecule has 1 aromatic carbocycles. The highest BCUT2D eigenvalue weighted by molar-refractivity contribution is 5.82. The minimum Gasteiger partial charge on any atom is -0.459 e. The Labute approximate surface area is 164 Å². The van der Waals surface area contributed by atoms with Crippen molar-refractivity contribution in [1.82, 2.24) is 15.2 Å². The minimum atomic E-state index is -0.175. The highest BCUT2D eigenvalue weighted by atomic mass is 16.3. The Morgan fingerprint density at radius 1 is 1.21 bits per heavy atom. The third kappa shape index (κ3) is 3.81. The second kappa shape index (κ2) is 7.92. The molecule has 6 nitrogen and oxygen atoms in total. The van der Waals surface area contributed by atoms with Gasteiger partial charge in [0.25, 0.3) is 0 Å². The van der Waals surface area contributed by atoms with Crippen LogP contribution in [0.25, 0.3) is 11.0 Å². The van der Waals surface area contributed by atoms with Gasteiger partial charge in [-0.15, -0.1) is 0 Å². The van der Waals surface area contributed by atoms with Crippen LogP contribution < -0.4 is 10.6 Å². The molecule has 3 heterocycles. The van der Waals surface area contributed by atoms with Crippen molar-refractivity contribution < 1.29 is 9.21 Å². The fourth-order valence-corrected chi connectivity index (χ4v) is 3.86. The van der Waals surface area contributed by atoms with Gasteiger partial charge in [-0.05, 0) is 44.9 Å². The summed E-state index contributed by atoms with van der Waals surface area (Å²) < 4.78 is 5.98. The molecule has 0 aliphatic carbocycles. The summed E-state index contributed by atoms with van der Waals surface area (Å²) in [6, 6.07) is 12.1. The summed E-state index contributed by atoms with van der Waals surface area (Å²) in [4.78, 5) is 18.7. The average Bonchev–Trinajstić information content (AvgIpc) is 3.06.